The lowest BCUT2D eigenvalue weighted by Gasteiger charge is -2.21. The van der Waals surface area contributed by atoms with E-state index in [4.69, 9.17) is 4.74 Å². The number of carbonyl (C=O) groups excluding carboxylic acids is 3. The molecule has 1 aliphatic heterocycles. The zero-order valence-corrected chi connectivity index (χ0v) is 18.9. The van der Waals surface area contributed by atoms with Gasteiger partial charge in [0.15, 0.2) is 0 Å². The molecule has 1 atom stereocenters. The minimum atomic E-state index is -1.05. The second-order valence-electron chi connectivity index (χ2n) is 8.00. The highest BCUT2D eigenvalue weighted by Crippen LogP contribution is 2.28. The molecule has 1 heterocycles. The summed E-state index contributed by atoms with van der Waals surface area (Å²) >= 11 is 0. The van der Waals surface area contributed by atoms with E-state index < -0.39 is 35.5 Å². The number of ether oxygens (including phenoxy) is 1. The van der Waals surface area contributed by atoms with Crippen molar-refractivity contribution in [2.24, 2.45) is 0 Å². The molecule has 3 aromatic carbocycles. The van der Waals surface area contributed by atoms with Crippen LogP contribution in [0.4, 0.5) is 25.0 Å². The second-order valence-corrected chi connectivity index (χ2v) is 8.00. The fourth-order valence-electron chi connectivity index (χ4n) is 3.88. The summed E-state index contributed by atoms with van der Waals surface area (Å²) in [5.74, 6) is -1.33. The van der Waals surface area contributed by atoms with E-state index in [0.29, 0.717) is 17.9 Å². The first-order chi connectivity index (χ1) is 16.9. The molecule has 7 nitrogen and oxygen atoms in total. The van der Waals surface area contributed by atoms with E-state index in [2.05, 4.69) is 5.32 Å². The van der Waals surface area contributed by atoms with Gasteiger partial charge in [-0.2, -0.15) is 0 Å². The van der Waals surface area contributed by atoms with Crippen LogP contribution in [-0.4, -0.2) is 42.4 Å². The summed E-state index contributed by atoms with van der Waals surface area (Å²) in [6.07, 6.45) is 0.151. The molecule has 3 aromatic rings. The Morgan fingerprint density at radius 3 is 2.11 bits per heavy atom. The Labute approximate surface area is 200 Å². The monoisotopic (exact) mass is 479 g/mol. The minimum absolute atomic E-state index is 0.184. The average Bonchev–Trinajstić information content (AvgIpc) is 3.08. The van der Waals surface area contributed by atoms with Gasteiger partial charge in [-0.1, -0.05) is 12.1 Å². The van der Waals surface area contributed by atoms with Crippen LogP contribution in [0.3, 0.4) is 0 Å². The van der Waals surface area contributed by atoms with Gasteiger partial charge in [-0.25, -0.2) is 18.5 Å². The molecular formula is C26H23F2N3O4. The molecule has 9 heteroatoms. The Balaban J connectivity index is 1.54. The van der Waals surface area contributed by atoms with E-state index in [1.807, 2.05) is 12.1 Å². The number of carbonyl (C=O) groups is 3. The van der Waals surface area contributed by atoms with Crippen LogP contribution in [-0.2, 0) is 16.0 Å². The van der Waals surface area contributed by atoms with Crippen LogP contribution >= 0.6 is 0 Å². The van der Waals surface area contributed by atoms with Crippen molar-refractivity contribution in [1.82, 2.24) is 4.90 Å². The second kappa shape index (κ2) is 10.3. The molecule has 0 bridgehead atoms. The van der Waals surface area contributed by atoms with Crippen LogP contribution in [0.15, 0.2) is 72.8 Å². The van der Waals surface area contributed by atoms with E-state index in [1.165, 1.54) is 41.3 Å². The molecule has 1 unspecified atom stereocenters. The molecule has 0 aliphatic carbocycles. The third kappa shape index (κ3) is 5.46. The highest BCUT2D eigenvalue weighted by Gasteiger charge is 2.46. The molecule has 1 N–H and O–H groups in total. The lowest BCUT2D eigenvalue weighted by atomic mass is 10.1. The zero-order chi connectivity index (χ0) is 24.9. The number of hydrogen-bond acceptors (Lipinski definition) is 4. The fraction of sp³-hybridized carbons (Fsp3) is 0.192. The molecule has 0 aromatic heterocycles. The summed E-state index contributed by atoms with van der Waals surface area (Å²) in [5.41, 5.74) is 1.51. The largest absolute Gasteiger partial charge is 0.497 e. The Kier molecular flexibility index (Phi) is 7.05. The van der Waals surface area contributed by atoms with Crippen molar-refractivity contribution in [3.8, 4) is 5.75 Å². The predicted octanol–water partition coefficient (Wildman–Crippen LogP) is 4.38. The number of halogens is 2. The van der Waals surface area contributed by atoms with Gasteiger partial charge in [0.2, 0.25) is 5.91 Å². The van der Waals surface area contributed by atoms with Gasteiger partial charge in [-0.3, -0.25) is 9.59 Å². The van der Waals surface area contributed by atoms with E-state index >= 15 is 0 Å². The van der Waals surface area contributed by atoms with E-state index in [1.54, 1.807) is 19.2 Å². The number of amides is 4. The minimum Gasteiger partial charge on any atom is -0.497 e. The van der Waals surface area contributed by atoms with Gasteiger partial charge in [0.25, 0.3) is 5.91 Å². The van der Waals surface area contributed by atoms with Crippen LogP contribution < -0.4 is 15.0 Å². The van der Waals surface area contributed by atoms with Gasteiger partial charge < -0.3 is 15.0 Å². The number of nitrogens with one attached hydrogen (secondary N) is 1. The summed E-state index contributed by atoms with van der Waals surface area (Å²) in [5, 5.41) is 2.62. The third-order valence-corrected chi connectivity index (χ3v) is 5.71. The number of methoxy groups -OCH3 is 1. The van der Waals surface area contributed by atoms with Crippen molar-refractivity contribution >= 4 is 29.2 Å². The predicted molar refractivity (Wildman–Crippen MR) is 126 cm³/mol. The van der Waals surface area contributed by atoms with Gasteiger partial charge in [-0.05, 0) is 72.6 Å². The molecule has 1 saturated heterocycles. The summed E-state index contributed by atoms with van der Waals surface area (Å²) in [6.45, 7) is 0.184. The van der Waals surface area contributed by atoms with Crippen LogP contribution in [0.1, 0.15) is 12.0 Å². The summed E-state index contributed by atoms with van der Waals surface area (Å²) in [4.78, 5) is 41.5. The van der Waals surface area contributed by atoms with Crippen LogP contribution in [0.5, 0.6) is 5.75 Å². The Morgan fingerprint density at radius 2 is 1.51 bits per heavy atom. The molecule has 0 saturated carbocycles. The van der Waals surface area contributed by atoms with E-state index in [9.17, 15) is 23.2 Å². The Morgan fingerprint density at radius 1 is 0.914 bits per heavy atom. The van der Waals surface area contributed by atoms with Crippen molar-refractivity contribution in [3.05, 3.63) is 90.0 Å². The summed E-state index contributed by atoms with van der Waals surface area (Å²) in [7, 11) is 1.56. The quantitative estimate of drug-likeness (QED) is 0.487. The third-order valence-electron chi connectivity index (χ3n) is 5.71. The lowest BCUT2D eigenvalue weighted by molar-refractivity contribution is -0.124. The number of urea groups is 1. The Hall–Kier alpha value is -4.27. The van der Waals surface area contributed by atoms with Gasteiger partial charge in [0.05, 0.1) is 19.2 Å². The molecular weight excluding hydrogens is 456 g/mol. The molecule has 1 aliphatic rings. The SMILES string of the molecule is COc1ccc(CCN2C(=O)N(c3ccc(F)cc3)C(=O)C2CC(=O)Nc2ccc(F)cc2)cc1. The molecule has 35 heavy (non-hydrogen) atoms. The fourth-order valence-corrected chi connectivity index (χ4v) is 3.88. The highest BCUT2D eigenvalue weighted by atomic mass is 19.1. The topological polar surface area (TPSA) is 79.0 Å². The number of hydrogen-bond donors (Lipinski definition) is 1. The van der Waals surface area contributed by atoms with Gasteiger partial charge in [-0.15, -0.1) is 0 Å². The number of imide groups is 1. The van der Waals surface area contributed by atoms with Crippen LogP contribution in [0.25, 0.3) is 0 Å². The van der Waals surface area contributed by atoms with Crippen molar-refractivity contribution in [3.63, 3.8) is 0 Å². The summed E-state index contributed by atoms with van der Waals surface area (Å²) in [6, 6.07) is 15.9. The van der Waals surface area contributed by atoms with Gasteiger partial charge in [0.1, 0.15) is 23.4 Å². The average molecular weight is 479 g/mol. The molecule has 4 rings (SSSR count). The van der Waals surface area contributed by atoms with E-state index in [0.717, 1.165) is 22.6 Å². The van der Waals surface area contributed by atoms with Crippen molar-refractivity contribution < 1.29 is 27.9 Å². The van der Waals surface area contributed by atoms with Crippen molar-refractivity contribution in [2.45, 2.75) is 18.9 Å². The molecule has 180 valence electrons. The first kappa shape index (κ1) is 23.9. The molecule has 1 fully saturated rings. The van der Waals surface area contributed by atoms with Crippen LogP contribution in [0, 0.1) is 11.6 Å². The first-order valence-corrected chi connectivity index (χ1v) is 10.9. The van der Waals surface area contributed by atoms with Gasteiger partial charge >= 0.3 is 6.03 Å². The number of anilines is 2. The normalized spacial score (nSPS) is 15.5. The first-order valence-electron chi connectivity index (χ1n) is 10.9. The maximum Gasteiger partial charge on any atom is 0.332 e. The molecule has 0 radical (unpaired) electrons. The summed E-state index contributed by atoms with van der Waals surface area (Å²) < 4.78 is 31.7. The highest BCUT2D eigenvalue weighted by molar-refractivity contribution is 6.22. The van der Waals surface area contributed by atoms with Crippen molar-refractivity contribution in [2.75, 3.05) is 23.9 Å². The standard InChI is InChI=1S/C26H23F2N3O4/c1-35-22-12-2-17(3-13-22)14-15-30-23(16-24(32)29-20-8-4-18(27)5-9-20)25(33)31(26(30)34)21-10-6-19(28)7-11-21/h2-13,23H,14-16H2,1H3,(H,29,32). The van der Waals surface area contributed by atoms with Gasteiger partial charge in [0, 0.05) is 12.2 Å². The molecule has 4 amide bonds. The lowest BCUT2D eigenvalue weighted by Crippen LogP contribution is -2.39. The maximum atomic E-state index is 13.4. The smallest absolute Gasteiger partial charge is 0.332 e. The van der Waals surface area contributed by atoms with Crippen LogP contribution in [0.2, 0.25) is 0 Å². The maximum absolute atomic E-state index is 13.4. The zero-order valence-electron chi connectivity index (χ0n) is 18.9. The van der Waals surface area contributed by atoms with Crippen molar-refractivity contribution in [1.29, 1.82) is 0 Å². The number of nitrogens with zero attached hydrogens (tertiary/aromatic N) is 2. The van der Waals surface area contributed by atoms with E-state index in [-0.39, 0.29) is 18.7 Å². The number of benzene rings is 3. The molecule has 0 spiro atoms. The number of rotatable bonds is 8. The Bertz CT molecular complexity index is 1210.